The van der Waals surface area contributed by atoms with Gasteiger partial charge in [-0.2, -0.15) is 5.10 Å². The maximum absolute atomic E-state index is 12.7. The van der Waals surface area contributed by atoms with Gasteiger partial charge in [-0.05, 0) is 66.0 Å². The van der Waals surface area contributed by atoms with Gasteiger partial charge in [-0.1, -0.05) is 12.7 Å². The topological polar surface area (TPSA) is 63.1 Å². The molecule has 1 amide bonds. The number of aromatic nitrogens is 3. The zero-order chi connectivity index (χ0) is 20.0. The summed E-state index contributed by atoms with van der Waals surface area (Å²) in [5.74, 6) is 1.93. The van der Waals surface area contributed by atoms with Gasteiger partial charge < -0.3 is 10.2 Å². The molecule has 2 aliphatic heterocycles. The van der Waals surface area contributed by atoms with Gasteiger partial charge in [0, 0.05) is 44.3 Å². The molecule has 1 aliphatic carbocycles. The number of pyridine rings is 1. The van der Waals surface area contributed by atoms with Crippen molar-refractivity contribution in [3.05, 3.63) is 65.8 Å². The second-order valence-electron chi connectivity index (χ2n) is 8.24. The third kappa shape index (κ3) is 3.39. The smallest absolute Gasteiger partial charge is 0.246 e. The molecular weight excluding hydrogens is 362 g/mol. The van der Waals surface area contributed by atoms with Crippen molar-refractivity contribution < 1.29 is 4.79 Å². The first kappa shape index (κ1) is 17.9. The van der Waals surface area contributed by atoms with Crippen LogP contribution >= 0.6 is 0 Å². The van der Waals surface area contributed by atoms with Crippen LogP contribution in [-0.4, -0.2) is 38.7 Å². The van der Waals surface area contributed by atoms with E-state index in [0.29, 0.717) is 11.8 Å². The zero-order valence-electron chi connectivity index (χ0n) is 16.6. The largest absolute Gasteiger partial charge is 0.344 e. The van der Waals surface area contributed by atoms with Crippen LogP contribution in [-0.2, 0) is 18.3 Å². The molecule has 148 valence electrons. The van der Waals surface area contributed by atoms with Crippen LogP contribution in [0.25, 0.3) is 11.6 Å². The summed E-state index contributed by atoms with van der Waals surface area (Å²) in [6.45, 7) is 5.58. The highest BCUT2D eigenvalue weighted by atomic mass is 16.2. The van der Waals surface area contributed by atoms with E-state index in [2.05, 4.69) is 40.2 Å². The van der Waals surface area contributed by atoms with Crippen LogP contribution in [0.15, 0.2) is 49.0 Å². The highest BCUT2D eigenvalue weighted by Gasteiger charge is 2.38. The van der Waals surface area contributed by atoms with Crippen molar-refractivity contribution >= 4 is 23.4 Å². The van der Waals surface area contributed by atoms with Crippen LogP contribution in [0.2, 0.25) is 0 Å². The molecule has 2 atom stereocenters. The normalized spacial score (nSPS) is 23.1. The molecule has 6 nitrogen and oxygen atoms in total. The predicted octanol–water partition coefficient (Wildman–Crippen LogP) is 3.26. The Balaban J connectivity index is 1.23. The van der Waals surface area contributed by atoms with Crippen LogP contribution < -0.4 is 5.32 Å². The summed E-state index contributed by atoms with van der Waals surface area (Å²) >= 11 is 0. The van der Waals surface area contributed by atoms with Gasteiger partial charge >= 0.3 is 0 Å². The molecule has 0 saturated carbocycles. The van der Waals surface area contributed by atoms with Gasteiger partial charge in [0.1, 0.15) is 5.82 Å². The minimum Gasteiger partial charge on any atom is -0.344 e. The lowest BCUT2D eigenvalue weighted by molar-refractivity contribution is -0.125. The van der Waals surface area contributed by atoms with Crippen molar-refractivity contribution in [1.29, 1.82) is 0 Å². The number of rotatable bonds is 3. The lowest BCUT2D eigenvalue weighted by Crippen LogP contribution is -2.27. The van der Waals surface area contributed by atoms with Gasteiger partial charge in [0.2, 0.25) is 5.91 Å². The van der Waals surface area contributed by atoms with Crippen LogP contribution in [0, 0.1) is 11.8 Å². The molecule has 29 heavy (non-hydrogen) atoms. The number of carbonyl (C=O) groups excluding carboxylic acids is 1. The fourth-order valence-electron chi connectivity index (χ4n) is 4.68. The molecule has 2 aromatic heterocycles. The van der Waals surface area contributed by atoms with Crippen molar-refractivity contribution in [1.82, 2.24) is 19.7 Å². The first-order valence-electron chi connectivity index (χ1n) is 10.2. The first-order valence-corrected chi connectivity index (χ1v) is 10.2. The number of nitrogens with zero attached hydrogens (tertiary/aromatic N) is 4. The molecule has 0 radical (unpaired) electrons. The second-order valence-corrected chi connectivity index (χ2v) is 8.24. The van der Waals surface area contributed by atoms with Crippen molar-refractivity contribution in [3.63, 3.8) is 0 Å². The molecule has 6 heteroatoms. The van der Waals surface area contributed by atoms with E-state index < -0.39 is 0 Å². The van der Waals surface area contributed by atoms with Crippen LogP contribution in [0.5, 0.6) is 0 Å². The van der Waals surface area contributed by atoms with Gasteiger partial charge in [0.05, 0.1) is 5.69 Å². The van der Waals surface area contributed by atoms with Crippen LogP contribution in [0.3, 0.4) is 0 Å². The minimum absolute atomic E-state index is 0.0825. The molecule has 2 unspecified atom stereocenters. The number of allylic oxidation sites excluding steroid dienone is 2. The predicted molar refractivity (Wildman–Crippen MR) is 114 cm³/mol. The Bertz CT molecular complexity index is 1050. The molecule has 1 fully saturated rings. The molecule has 3 aliphatic rings. The molecule has 4 heterocycles. The summed E-state index contributed by atoms with van der Waals surface area (Å²) in [4.78, 5) is 19.1. The van der Waals surface area contributed by atoms with Crippen LogP contribution in [0.4, 0.5) is 5.82 Å². The molecule has 1 saturated heterocycles. The number of hydrogen-bond acceptors (Lipinski definition) is 4. The van der Waals surface area contributed by atoms with Crippen LogP contribution in [0.1, 0.15) is 29.7 Å². The van der Waals surface area contributed by atoms with Gasteiger partial charge in [0.25, 0.3) is 0 Å². The number of amides is 1. The summed E-state index contributed by atoms with van der Waals surface area (Å²) in [6, 6.07) is 4.17. The van der Waals surface area contributed by atoms with E-state index in [-0.39, 0.29) is 5.91 Å². The molecule has 0 bridgehead atoms. The minimum atomic E-state index is 0.0825. The van der Waals surface area contributed by atoms with Gasteiger partial charge in [-0.25, -0.2) is 4.98 Å². The molecule has 1 N–H and O–H groups in total. The van der Waals surface area contributed by atoms with E-state index in [1.807, 2.05) is 28.9 Å². The number of carbonyl (C=O) groups is 1. The summed E-state index contributed by atoms with van der Waals surface area (Å²) in [6.07, 6.45) is 12.4. The molecule has 0 spiro atoms. The maximum atomic E-state index is 12.7. The fraction of sp³-hybridized carbons (Fsp3) is 0.348. The van der Waals surface area contributed by atoms with E-state index in [4.69, 9.17) is 0 Å². The Morgan fingerprint density at radius 1 is 1.34 bits per heavy atom. The van der Waals surface area contributed by atoms with Crippen molar-refractivity contribution in [2.75, 3.05) is 18.4 Å². The zero-order valence-corrected chi connectivity index (χ0v) is 16.6. The fourth-order valence-corrected chi connectivity index (χ4v) is 4.68. The van der Waals surface area contributed by atoms with Crippen molar-refractivity contribution in [2.45, 2.75) is 19.3 Å². The second kappa shape index (κ2) is 7.03. The lowest BCUT2D eigenvalue weighted by atomic mass is 9.99. The van der Waals surface area contributed by atoms with Crippen molar-refractivity contribution in [2.24, 2.45) is 18.9 Å². The molecule has 2 aromatic rings. The highest BCUT2D eigenvalue weighted by molar-refractivity contribution is 5.92. The number of nitrogens with one attached hydrogen (secondary N) is 1. The Hall–Kier alpha value is -3.15. The van der Waals surface area contributed by atoms with Crippen molar-refractivity contribution in [3.8, 4) is 0 Å². The van der Waals surface area contributed by atoms with E-state index in [1.165, 1.54) is 16.8 Å². The van der Waals surface area contributed by atoms with E-state index in [1.54, 1.807) is 12.3 Å². The quantitative estimate of drug-likeness (QED) is 0.821. The Morgan fingerprint density at radius 3 is 3.03 bits per heavy atom. The SMILES string of the molecule is C=C1CCc2cc(/C=C/C(=O)N3CC4C=C(c5ccnn5C)CC4C3)cnc2N1. The lowest BCUT2D eigenvalue weighted by Gasteiger charge is -2.19. The van der Waals surface area contributed by atoms with Gasteiger partial charge in [-0.3, -0.25) is 9.48 Å². The standard InChI is InChI=1S/C23H25N5O/c1-15-3-5-17-9-16(12-24-23(17)26-15)4-6-22(29)28-13-19-10-18(11-20(19)14-28)21-7-8-25-27(21)2/h4,6-10,12,19-20H,1,3,5,11,13-14H2,2H3,(H,24,26)/b6-4+. The Kier molecular flexibility index (Phi) is 4.34. The summed E-state index contributed by atoms with van der Waals surface area (Å²) < 4.78 is 1.93. The number of anilines is 1. The average Bonchev–Trinajstić information content (AvgIpc) is 3.40. The first-order chi connectivity index (χ1) is 14.1. The number of hydrogen-bond donors (Lipinski definition) is 1. The number of fused-ring (bicyclic) bond motifs is 2. The molecular formula is C23H25N5O. The third-order valence-electron chi connectivity index (χ3n) is 6.25. The molecule has 0 aromatic carbocycles. The van der Waals surface area contributed by atoms with E-state index >= 15 is 0 Å². The van der Waals surface area contributed by atoms with Gasteiger partial charge in [-0.15, -0.1) is 0 Å². The highest BCUT2D eigenvalue weighted by Crippen LogP contribution is 2.40. The van der Waals surface area contributed by atoms with E-state index in [0.717, 1.165) is 49.4 Å². The Morgan fingerprint density at radius 2 is 2.24 bits per heavy atom. The average molecular weight is 387 g/mol. The summed E-state index contributed by atoms with van der Waals surface area (Å²) in [7, 11) is 1.98. The molecule has 5 rings (SSSR count). The summed E-state index contributed by atoms with van der Waals surface area (Å²) in [5.41, 5.74) is 5.69. The number of likely N-dealkylation sites (tertiary alicyclic amines) is 1. The maximum Gasteiger partial charge on any atom is 0.246 e. The summed E-state index contributed by atoms with van der Waals surface area (Å²) in [5, 5.41) is 7.49. The third-order valence-corrected chi connectivity index (χ3v) is 6.25. The monoisotopic (exact) mass is 387 g/mol. The van der Waals surface area contributed by atoms with E-state index in [9.17, 15) is 4.79 Å². The number of aryl methyl sites for hydroxylation is 2. The van der Waals surface area contributed by atoms with Gasteiger partial charge in [0.15, 0.2) is 0 Å². The Labute approximate surface area is 170 Å².